The van der Waals surface area contributed by atoms with E-state index in [4.69, 9.17) is 4.74 Å². The fourth-order valence-corrected chi connectivity index (χ4v) is 1.17. The minimum atomic E-state index is -5.13. The van der Waals surface area contributed by atoms with Gasteiger partial charge in [-0.15, -0.1) is 5.46 Å². The van der Waals surface area contributed by atoms with E-state index in [1.165, 1.54) is 0 Å². The number of nitrogens with zero attached hydrogens (tertiary/aromatic N) is 1. The molecule has 8 heteroatoms. The first-order valence-corrected chi connectivity index (χ1v) is 5.07. The molecule has 0 saturated carbocycles. The zero-order valence-corrected chi connectivity index (χ0v) is 13.7. The number of hydrogen-bond acceptors (Lipinski definition) is 2. The van der Waals surface area contributed by atoms with Gasteiger partial charge in [0.2, 0.25) is 0 Å². The summed E-state index contributed by atoms with van der Waals surface area (Å²) in [6.45, 7) is -4.49. The number of hydrogen-bond donors (Lipinski definition) is 0. The summed E-state index contributed by atoms with van der Waals surface area (Å²) in [5.74, 6) is -1.14. The van der Waals surface area contributed by atoms with E-state index < -0.39 is 18.3 Å². The maximum Gasteiger partial charge on any atom is 1.00 e. The van der Waals surface area contributed by atoms with Crippen LogP contribution in [0.15, 0.2) is 18.2 Å². The molecular formula is C10H13BF4KNO. The second kappa shape index (κ2) is 7.86. The Morgan fingerprint density at radius 3 is 2.33 bits per heavy atom. The van der Waals surface area contributed by atoms with Gasteiger partial charge in [0.15, 0.2) is 11.6 Å². The van der Waals surface area contributed by atoms with Gasteiger partial charge in [0.1, 0.15) is 6.61 Å². The molecule has 0 unspecified atom stereocenters. The molecular weight excluding hydrogens is 276 g/mol. The van der Waals surface area contributed by atoms with Crippen molar-refractivity contribution >= 4 is 12.4 Å². The first kappa shape index (κ1) is 18.4. The first-order chi connectivity index (χ1) is 7.80. The van der Waals surface area contributed by atoms with Crippen LogP contribution in [-0.2, 0) is 0 Å². The van der Waals surface area contributed by atoms with Gasteiger partial charge in [-0.1, -0.05) is 6.07 Å². The van der Waals surface area contributed by atoms with Crippen molar-refractivity contribution in [2.24, 2.45) is 0 Å². The van der Waals surface area contributed by atoms with E-state index in [2.05, 4.69) is 0 Å². The van der Waals surface area contributed by atoms with Crippen LogP contribution in [0.2, 0.25) is 0 Å². The third kappa shape index (κ3) is 6.03. The van der Waals surface area contributed by atoms with Crippen LogP contribution in [0.1, 0.15) is 0 Å². The van der Waals surface area contributed by atoms with E-state index in [-0.39, 0.29) is 63.7 Å². The second-order valence-electron chi connectivity index (χ2n) is 3.92. The number of likely N-dealkylation sites (N-methyl/N-ethyl adjacent to an activating group) is 1. The second-order valence-corrected chi connectivity index (χ2v) is 3.92. The van der Waals surface area contributed by atoms with Crippen molar-refractivity contribution in [2.75, 3.05) is 27.2 Å². The fraction of sp³-hybridized carbons (Fsp3) is 0.400. The van der Waals surface area contributed by atoms with Crippen LogP contribution < -0.4 is 61.6 Å². The fourth-order valence-electron chi connectivity index (χ4n) is 1.17. The molecule has 0 aliphatic rings. The Kier molecular flexibility index (Phi) is 8.04. The van der Waals surface area contributed by atoms with E-state index in [9.17, 15) is 17.3 Å². The standard InChI is InChI=1S/C10H13BF4NO.K/c1-16(2)5-6-17-10-7-8(11(13,14)15)3-4-9(10)12;/h3-4,7H,5-6H2,1-2H3;/q-1;+1. The molecule has 1 rings (SSSR count). The van der Waals surface area contributed by atoms with Crippen molar-refractivity contribution in [2.45, 2.75) is 0 Å². The van der Waals surface area contributed by atoms with Crippen LogP contribution in [0, 0.1) is 5.82 Å². The molecule has 0 atom stereocenters. The third-order valence-corrected chi connectivity index (χ3v) is 2.13. The molecule has 1 aromatic carbocycles. The molecule has 0 bridgehead atoms. The van der Waals surface area contributed by atoms with Crippen LogP contribution in [0.4, 0.5) is 17.3 Å². The summed E-state index contributed by atoms with van der Waals surface area (Å²) in [7, 11) is 3.57. The van der Waals surface area contributed by atoms with Gasteiger partial charge in [-0.25, -0.2) is 4.39 Å². The topological polar surface area (TPSA) is 12.5 Å². The predicted octanol–water partition coefficient (Wildman–Crippen LogP) is -1.18. The average Bonchev–Trinajstić information content (AvgIpc) is 2.18. The number of halogens is 4. The Bertz CT molecular complexity index is 387. The monoisotopic (exact) mass is 289 g/mol. The summed E-state index contributed by atoms with van der Waals surface area (Å²) in [6, 6.07) is 2.19. The van der Waals surface area contributed by atoms with Crippen LogP contribution in [-0.4, -0.2) is 39.1 Å². The van der Waals surface area contributed by atoms with Gasteiger partial charge in [-0.2, -0.15) is 0 Å². The van der Waals surface area contributed by atoms with E-state index in [0.717, 1.165) is 6.07 Å². The molecule has 0 aliphatic carbocycles. The molecule has 0 spiro atoms. The predicted molar refractivity (Wildman–Crippen MR) is 59.2 cm³/mol. The van der Waals surface area contributed by atoms with Crippen molar-refractivity contribution in [1.29, 1.82) is 0 Å². The summed E-state index contributed by atoms with van der Waals surface area (Å²) in [5.41, 5.74) is -0.855. The molecule has 96 valence electrons. The van der Waals surface area contributed by atoms with Gasteiger partial charge in [0, 0.05) is 6.54 Å². The Balaban J connectivity index is 0.00000289. The Labute approximate surface area is 146 Å². The van der Waals surface area contributed by atoms with Crippen LogP contribution >= 0.6 is 0 Å². The molecule has 0 heterocycles. The zero-order valence-electron chi connectivity index (χ0n) is 10.6. The zero-order chi connectivity index (χ0) is 13.1. The summed E-state index contributed by atoms with van der Waals surface area (Å²) in [4.78, 5) is 1.79. The van der Waals surface area contributed by atoms with Gasteiger partial charge < -0.3 is 22.6 Å². The molecule has 18 heavy (non-hydrogen) atoms. The van der Waals surface area contributed by atoms with Crippen molar-refractivity contribution in [3.05, 3.63) is 24.0 Å². The SMILES string of the molecule is CN(C)CCOc1cc([B-](F)(F)F)ccc1F.[K+]. The van der Waals surface area contributed by atoms with E-state index in [0.29, 0.717) is 18.7 Å². The number of rotatable bonds is 5. The molecule has 0 aromatic heterocycles. The summed E-state index contributed by atoms with van der Waals surface area (Å²) in [5, 5.41) is 0. The summed E-state index contributed by atoms with van der Waals surface area (Å²) < 4.78 is 55.4. The van der Waals surface area contributed by atoms with E-state index >= 15 is 0 Å². The van der Waals surface area contributed by atoms with Gasteiger partial charge in [0.25, 0.3) is 0 Å². The molecule has 0 aliphatic heterocycles. The maximum atomic E-state index is 13.2. The first-order valence-electron chi connectivity index (χ1n) is 5.07. The van der Waals surface area contributed by atoms with Crippen LogP contribution in [0.3, 0.4) is 0 Å². The Morgan fingerprint density at radius 1 is 1.22 bits per heavy atom. The number of benzene rings is 1. The van der Waals surface area contributed by atoms with Gasteiger partial charge >= 0.3 is 58.4 Å². The Hall–Kier alpha value is 0.401. The molecule has 1 aromatic rings. The molecule has 0 amide bonds. The van der Waals surface area contributed by atoms with Gasteiger partial charge in [0.05, 0.1) is 0 Å². The normalized spacial score (nSPS) is 11.3. The van der Waals surface area contributed by atoms with Gasteiger partial charge in [-0.05, 0) is 26.2 Å². The molecule has 0 radical (unpaired) electrons. The largest absolute Gasteiger partial charge is 1.00 e. The molecule has 0 fully saturated rings. The van der Waals surface area contributed by atoms with Crippen molar-refractivity contribution in [3.63, 3.8) is 0 Å². The average molecular weight is 289 g/mol. The quantitative estimate of drug-likeness (QED) is 0.500. The minimum Gasteiger partial charge on any atom is -0.489 e. The molecule has 2 nitrogen and oxygen atoms in total. The molecule has 0 saturated heterocycles. The minimum absolute atomic E-state index is 0. The van der Waals surface area contributed by atoms with Crippen molar-refractivity contribution in [1.82, 2.24) is 4.90 Å². The van der Waals surface area contributed by atoms with Crippen molar-refractivity contribution < 1.29 is 73.5 Å². The van der Waals surface area contributed by atoms with Crippen molar-refractivity contribution in [3.8, 4) is 5.75 Å². The number of ether oxygens (including phenoxy) is 1. The molecule has 0 N–H and O–H groups in total. The van der Waals surface area contributed by atoms with Gasteiger partial charge in [-0.3, -0.25) is 0 Å². The maximum absolute atomic E-state index is 13.2. The van der Waals surface area contributed by atoms with E-state index in [1.807, 2.05) is 0 Å². The van der Waals surface area contributed by atoms with Crippen LogP contribution in [0.5, 0.6) is 5.75 Å². The summed E-state index contributed by atoms with van der Waals surface area (Å²) >= 11 is 0. The van der Waals surface area contributed by atoms with E-state index in [1.54, 1.807) is 19.0 Å². The Morgan fingerprint density at radius 2 is 1.83 bits per heavy atom. The van der Waals surface area contributed by atoms with Crippen LogP contribution in [0.25, 0.3) is 0 Å². The summed E-state index contributed by atoms with van der Waals surface area (Å²) in [6.07, 6.45) is 0. The smallest absolute Gasteiger partial charge is 0.489 e. The third-order valence-electron chi connectivity index (χ3n) is 2.13.